The Bertz CT molecular complexity index is 487. The number of nitrogens with zero attached hydrogens (tertiary/aromatic N) is 1. The Balaban J connectivity index is 2.05. The number of fused-ring (bicyclic) bond motifs is 3. The van der Waals surface area contributed by atoms with Gasteiger partial charge in [0.15, 0.2) is 0 Å². The van der Waals surface area contributed by atoms with Gasteiger partial charge in [-0.3, -0.25) is 0 Å². The van der Waals surface area contributed by atoms with Crippen LogP contribution in [0.3, 0.4) is 0 Å². The zero-order valence-electron chi connectivity index (χ0n) is 10.8. The molecule has 0 radical (unpaired) electrons. The van der Waals surface area contributed by atoms with E-state index in [4.69, 9.17) is 11.6 Å². The molecular weight excluding hydrogens is 251 g/mol. The molecule has 2 heterocycles. The third-order valence-electron chi connectivity index (χ3n) is 4.33. The molecule has 1 atom stereocenters. The number of nitrogens with one attached hydrogen (secondary N) is 1. The average Bonchev–Trinajstić information content (AvgIpc) is 2.30. The molecule has 0 saturated carbocycles. The van der Waals surface area contributed by atoms with E-state index in [0.29, 0.717) is 6.04 Å². The van der Waals surface area contributed by atoms with E-state index >= 15 is 0 Å². The highest BCUT2D eigenvalue weighted by Gasteiger charge is 2.40. The van der Waals surface area contributed by atoms with Crippen LogP contribution in [0.25, 0.3) is 0 Å². The highest BCUT2D eigenvalue weighted by Crippen LogP contribution is 2.44. The van der Waals surface area contributed by atoms with Crippen molar-refractivity contribution in [1.29, 1.82) is 0 Å². The molecule has 2 aliphatic heterocycles. The summed E-state index contributed by atoms with van der Waals surface area (Å²) in [4.78, 5) is 2.39. The van der Waals surface area contributed by atoms with Crippen LogP contribution in [0, 0.1) is 11.2 Å². The number of rotatable bonds is 0. The Morgan fingerprint density at radius 2 is 2.22 bits per heavy atom. The lowest BCUT2D eigenvalue weighted by Crippen LogP contribution is -2.55. The van der Waals surface area contributed by atoms with Crippen molar-refractivity contribution in [2.45, 2.75) is 32.7 Å². The minimum absolute atomic E-state index is 0.208. The molecule has 18 heavy (non-hydrogen) atoms. The lowest BCUT2D eigenvalue weighted by molar-refractivity contribution is 0.217. The SMILES string of the molecule is CC1(C)CCCN2c3cc(Cl)c(F)cc3NCC21. The molecule has 98 valence electrons. The molecule has 0 amide bonds. The normalized spacial score (nSPS) is 25.1. The van der Waals surface area contributed by atoms with Crippen molar-refractivity contribution in [1.82, 2.24) is 0 Å². The fourth-order valence-electron chi connectivity index (χ4n) is 3.25. The highest BCUT2D eigenvalue weighted by atomic mass is 35.5. The van der Waals surface area contributed by atoms with Gasteiger partial charge in [-0.15, -0.1) is 0 Å². The van der Waals surface area contributed by atoms with Gasteiger partial charge in [-0.2, -0.15) is 0 Å². The zero-order chi connectivity index (χ0) is 12.9. The van der Waals surface area contributed by atoms with Gasteiger partial charge in [0.05, 0.1) is 22.4 Å². The molecule has 0 aromatic heterocycles. The summed E-state index contributed by atoms with van der Waals surface area (Å²) in [7, 11) is 0. The van der Waals surface area contributed by atoms with E-state index in [-0.39, 0.29) is 16.3 Å². The lowest BCUT2D eigenvalue weighted by atomic mass is 9.75. The summed E-state index contributed by atoms with van der Waals surface area (Å²) in [6.07, 6.45) is 2.41. The van der Waals surface area contributed by atoms with Crippen LogP contribution in [-0.4, -0.2) is 19.1 Å². The van der Waals surface area contributed by atoms with Crippen LogP contribution in [0.5, 0.6) is 0 Å². The van der Waals surface area contributed by atoms with Crippen LogP contribution in [0.2, 0.25) is 5.02 Å². The second-order valence-corrected chi connectivity index (χ2v) is 6.37. The van der Waals surface area contributed by atoms with Crippen molar-refractivity contribution >= 4 is 23.0 Å². The number of halogens is 2. The molecule has 1 aromatic rings. The van der Waals surface area contributed by atoms with Crippen LogP contribution < -0.4 is 10.2 Å². The van der Waals surface area contributed by atoms with Crippen molar-refractivity contribution in [2.24, 2.45) is 5.41 Å². The molecule has 0 aliphatic carbocycles. The second kappa shape index (κ2) is 4.02. The standard InChI is InChI=1S/C14H18ClFN2/c1-14(2)4-3-5-18-12-6-9(15)10(16)7-11(12)17-8-13(14)18/h6-7,13,17H,3-5,8H2,1-2H3. The van der Waals surface area contributed by atoms with Crippen LogP contribution in [-0.2, 0) is 0 Å². The first kappa shape index (κ1) is 12.1. The van der Waals surface area contributed by atoms with Crippen LogP contribution in [0.1, 0.15) is 26.7 Å². The summed E-state index contributed by atoms with van der Waals surface area (Å²) in [6.45, 7) is 6.52. The predicted octanol–water partition coefficient (Wildman–Crippen LogP) is 3.90. The fourth-order valence-corrected chi connectivity index (χ4v) is 3.40. The first-order chi connectivity index (χ1) is 8.49. The Hall–Kier alpha value is -0.960. The van der Waals surface area contributed by atoms with E-state index in [1.165, 1.54) is 18.9 Å². The van der Waals surface area contributed by atoms with Crippen molar-refractivity contribution in [3.63, 3.8) is 0 Å². The van der Waals surface area contributed by atoms with Gasteiger partial charge in [0, 0.05) is 19.2 Å². The molecule has 3 rings (SSSR count). The number of anilines is 2. The topological polar surface area (TPSA) is 15.3 Å². The van der Waals surface area contributed by atoms with E-state index in [1.807, 2.05) is 0 Å². The van der Waals surface area contributed by atoms with Crippen LogP contribution >= 0.6 is 11.6 Å². The molecule has 1 unspecified atom stereocenters. The maximum Gasteiger partial charge on any atom is 0.143 e. The number of hydrogen-bond acceptors (Lipinski definition) is 2. The van der Waals surface area contributed by atoms with Crippen LogP contribution in [0.15, 0.2) is 12.1 Å². The van der Waals surface area contributed by atoms with Crippen molar-refractivity contribution in [3.05, 3.63) is 23.0 Å². The van der Waals surface area contributed by atoms with Gasteiger partial charge < -0.3 is 10.2 Å². The summed E-state index contributed by atoms with van der Waals surface area (Å²) >= 11 is 5.92. The van der Waals surface area contributed by atoms with Gasteiger partial charge in [0.2, 0.25) is 0 Å². The summed E-state index contributed by atoms with van der Waals surface area (Å²) in [6, 6.07) is 3.72. The van der Waals surface area contributed by atoms with Gasteiger partial charge in [-0.1, -0.05) is 25.4 Å². The zero-order valence-corrected chi connectivity index (χ0v) is 11.5. The van der Waals surface area contributed by atoms with E-state index in [0.717, 1.165) is 24.5 Å². The second-order valence-electron chi connectivity index (χ2n) is 5.97. The fraction of sp³-hybridized carbons (Fsp3) is 0.571. The van der Waals surface area contributed by atoms with Crippen molar-refractivity contribution in [3.8, 4) is 0 Å². The Labute approximate surface area is 112 Å². The maximum absolute atomic E-state index is 13.5. The molecule has 1 aromatic carbocycles. The Morgan fingerprint density at radius 1 is 1.44 bits per heavy atom. The van der Waals surface area contributed by atoms with E-state index in [9.17, 15) is 4.39 Å². The molecule has 1 fully saturated rings. The Kier molecular flexibility index (Phi) is 2.70. The minimum Gasteiger partial charge on any atom is -0.381 e. The average molecular weight is 269 g/mol. The molecular formula is C14H18ClFN2. The molecule has 1 saturated heterocycles. The van der Waals surface area contributed by atoms with Crippen molar-refractivity contribution in [2.75, 3.05) is 23.3 Å². The van der Waals surface area contributed by atoms with E-state index < -0.39 is 0 Å². The highest BCUT2D eigenvalue weighted by molar-refractivity contribution is 6.31. The molecule has 4 heteroatoms. The molecule has 2 aliphatic rings. The van der Waals surface area contributed by atoms with Gasteiger partial charge in [0.1, 0.15) is 5.82 Å². The van der Waals surface area contributed by atoms with E-state index in [1.54, 1.807) is 6.07 Å². The van der Waals surface area contributed by atoms with Crippen molar-refractivity contribution < 1.29 is 4.39 Å². The minimum atomic E-state index is -0.349. The number of piperidine rings is 1. The molecule has 0 spiro atoms. The first-order valence-electron chi connectivity index (χ1n) is 6.48. The smallest absolute Gasteiger partial charge is 0.143 e. The summed E-state index contributed by atoms with van der Waals surface area (Å²) < 4.78 is 13.5. The molecule has 0 bridgehead atoms. The van der Waals surface area contributed by atoms with Gasteiger partial charge >= 0.3 is 0 Å². The molecule has 2 nitrogen and oxygen atoms in total. The molecule has 1 N–H and O–H groups in total. The summed E-state index contributed by atoms with van der Waals surface area (Å²) in [5, 5.41) is 3.55. The van der Waals surface area contributed by atoms with Gasteiger partial charge in [-0.05, 0) is 24.3 Å². The number of hydrogen-bond donors (Lipinski definition) is 1. The first-order valence-corrected chi connectivity index (χ1v) is 6.86. The van der Waals surface area contributed by atoms with Crippen LogP contribution in [0.4, 0.5) is 15.8 Å². The van der Waals surface area contributed by atoms with Gasteiger partial charge in [0.25, 0.3) is 0 Å². The quantitative estimate of drug-likeness (QED) is 0.768. The largest absolute Gasteiger partial charge is 0.381 e. The Morgan fingerprint density at radius 3 is 3.00 bits per heavy atom. The van der Waals surface area contributed by atoms with E-state index in [2.05, 4.69) is 24.1 Å². The monoisotopic (exact) mass is 268 g/mol. The lowest BCUT2D eigenvalue weighted by Gasteiger charge is -2.51. The third-order valence-corrected chi connectivity index (χ3v) is 4.62. The summed E-state index contributed by atoms with van der Waals surface area (Å²) in [5.74, 6) is -0.349. The summed E-state index contributed by atoms with van der Waals surface area (Å²) in [5.41, 5.74) is 2.19. The number of benzene rings is 1. The third kappa shape index (κ3) is 1.76. The predicted molar refractivity (Wildman–Crippen MR) is 74.0 cm³/mol. The maximum atomic E-state index is 13.5. The van der Waals surface area contributed by atoms with Gasteiger partial charge in [-0.25, -0.2) is 4.39 Å².